The molecule has 3 aliphatic heterocycles. The van der Waals surface area contributed by atoms with Gasteiger partial charge in [-0.1, -0.05) is 48.6 Å². The second kappa shape index (κ2) is 9.96. The molecule has 2 bridgehead atoms. The van der Waals surface area contributed by atoms with Crippen LogP contribution in [-0.4, -0.2) is 46.1 Å². The molecule has 29 heavy (non-hydrogen) atoms. The molecule has 2 fully saturated rings. The summed E-state index contributed by atoms with van der Waals surface area (Å²) in [6.07, 6.45) is 13.2. The molecule has 0 saturated carbocycles. The van der Waals surface area contributed by atoms with Gasteiger partial charge in [-0.25, -0.2) is 4.79 Å². The SMILES string of the molecule is CC1=CC(=O)O[C@@H]2C[C@@H](CC[C@H](C)C=CC=CCC1)O[C@@](O)(C1CSC(=O)N1)C2. The van der Waals surface area contributed by atoms with Gasteiger partial charge in [0.1, 0.15) is 6.10 Å². The molecule has 1 unspecified atom stereocenters. The lowest BCUT2D eigenvalue weighted by molar-refractivity contribution is -0.283. The van der Waals surface area contributed by atoms with Crippen LogP contribution in [0.1, 0.15) is 52.4 Å². The lowest BCUT2D eigenvalue weighted by atomic mass is 9.90. The van der Waals surface area contributed by atoms with E-state index in [1.54, 1.807) is 0 Å². The molecule has 0 aliphatic carbocycles. The first kappa shape index (κ1) is 22.1. The van der Waals surface area contributed by atoms with Crippen molar-refractivity contribution < 1.29 is 24.2 Å². The maximum Gasteiger partial charge on any atom is 0.330 e. The fourth-order valence-electron chi connectivity index (χ4n) is 3.96. The predicted octanol–water partition coefficient (Wildman–Crippen LogP) is 3.86. The van der Waals surface area contributed by atoms with Crippen LogP contribution in [0.2, 0.25) is 0 Å². The van der Waals surface area contributed by atoms with Gasteiger partial charge < -0.3 is 19.9 Å². The molecular weight excluding hydrogens is 390 g/mol. The summed E-state index contributed by atoms with van der Waals surface area (Å²) in [5.74, 6) is -1.10. The van der Waals surface area contributed by atoms with Gasteiger partial charge in [-0.2, -0.15) is 0 Å². The van der Waals surface area contributed by atoms with Crippen molar-refractivity contribution >= 4 is 23.0 Å². The molecule has 3 heterocycles. The van der Waals surface area contributed by atoms with Crippen LogP contribution in [-0.2, 0) is 14.3 Å². The summed E-state index contributed by atoms with van der Waals surface area (Å²) in [7, 11) is 0. The highest BCUT2D eigenvalue weighted by molar-refractivity contribution is 8.14. The van der Waals surface area contributed by atoms with E-state index in [-0.39, 0.29) is 23.7 Å². The van der Waals surface area contributed by atoms with Crippen LogP contribution >= 0.6 is 11.8 Å². The Morgan fingerprint density at radius 2 is 2.07 bits per heavy atom. The first-order chi connectivity index (χ1) is 13.8. The summed E-state index contributed by atoms with van der Waals surface area (Å²) in [4.78, 5) is 24.0. The predicted molar refractivity (Wildman–Crippen MR) is 113 cm³/mol. The summed E-state index contributed by atoms with van der Waals surface area (Å²) in [6.45, 7) is 4.07. The van der Waals surface area contributed by atoms with Gasteiger partial charge in [0.25, 0.3) is 5.24 Å². The van der Waals surface area contributed by atoms with Gasteiger partial charge in [0.15, 0.2) is 5.79 Å². The number of thioether (sulfide) groups is 1. The van der Waals surface area contributed by atoms with Crippen LogP contribution in [0.3, 0.4) is 0 Å². The zero-order valence-corrected chi connectivity index (χ0v) is 18.0. The number of fused-ring (bicyclic) bond motifs is 2. The lowest BCUT2D eigenvalue weighted by Gasteiger charge is -2.43. The second-order valence-corrected chi connectivity index (χ2v) is 9.27. The van der Waals surface area contributed by atoms with Crippen molar-refractivity contribution in [1.29, 1.82) is 0 Å². The lowest BCUT2D eigenvalue weighted by Crippen LogP contribution is -2.58. The van der Waals surface area contributed by atoms with Gasteiger partial charge in [0.2, 0.25) is 0 Å². The number of carbonyl (C=O) groups excluding carboxylic acids is 2. The van der Waals surface area contributed by atoms with Crippen molar-refractivity contribution in [3.05, 3.63) is 36.0 Å². The molecule has 0 spiro atoms. The molecule has 5 atom stereocenters. The number of hydrogen-bond acceptors (Lipinski definition) is 6. The monoisotopic (exact) mass is 421 g/mol. The molecule has 0 radical (unpaired) electrons. The van der Waals surface area contributed by atoms with E-state index in [0.29, 0.717) is 18.1 Å². The summed E-state index contributed by atoms with van der Waals surface area (Å²) < 4.78 is 11.8. The Labute approximate surface area is 176 Å². The fourth-order valence-corrected chi connectivity index (χ4v) is 4.85. The smallest absolute Gasteiger partial charge is 0.330 e. The topological polar surface area (TPSA) is 84.9 Å². The zero-order valence-electron chi connectivity index (χ0n) is 17.1. The van der Waals surface area contributed by atoms with Crippen molar-refractivity contribution in [2.75, 3.05) is 5.75 Å². The first-order valence-electron chi connectivity index (χ1n) is 10.4. The summed E-state index contributed by atoms with van der Waals surface area (Å²) in [5.41, 5.74) is 0.961. The molecular formula is C22H31NO5S. The van der Waals surface area contributed by atoms with E-state index in [1.807, 2.05) is 13.0 Å². The Hall–Kier alpha value is -1.57. The second-order valence-electron chi connectivity index (χ2n) is 8.28. The number of aliphatic hydroxyl groups is 1. The first-order valence-corrected chi connectivity index (χ1v) is 11.4. The molecule has 3 rings (SSSR count). The van der Waals surface area contributed by atoms with Gasteiger partial charge >= 0.3 is 5.97 Å². The van der Waals surface area contributed by atoms with E-state index in [9.17, 15) is 14.7 Å². The van der Waals surface area contributed by atoms with Crippen molar-refractivity contribution in [3.63, 3.8) is 0 Å². The van der Waals surface area contributed by atoms with Crippen molar-refractivity contribution in [2.45, 2.75) is 76.4 Å². The number of allylic oxidation sites excluding steroid dienone is 5. The molecule has 0 aromatic carbocycles. The number of carbonyl (C=O) groups is 2. The molecule has 2 N–H and O–H groups in total. The largest absolute Gasteiger partial charge is 0.459 e. The van der Waals surface area contributed by atoms with Gasteiger partial charge in [-0.15, -0.1) is 0 Å². The van der Waals surface area contributed by atoms with E-state index < -0.39 is 17.9 Å². The summed E-state index contributed by atoms with van der Waals surface area (Å²) >= 11 is 1.14. The number of nitrogens with one attached hydrogen (secondary N) is 1. The average Bonchev–Trinajstić information content (AvgIpc) is 3.09. The summed E-state index contributed by atoms with van der Waals surface area (Å²) in [5, 5.41) is 13.8. The van der Waals surface area contributed by atoms with Gasteiger partial charge in [-0.05, 0) is 38.5 Å². The normalized spacial score (nSPS) is 37.0. The van der Waals surface area contributed by atoms with Crippen LogP contribution in [0.4, 0.5) is 4.79 Å². The van der Waals surface area contributed by atoms with Crippen molar-refractivity contribution in [1.82, 2.24) is 5.32 Å². The molecule has 1 amide bonds. The third-order valence-corrected chi connectivity index (χ3v) is 6.50. The average molecular weight is 422 g/mol. The van der Waals surface area contributed by atoms with Gasteiger partial charge in [-0.3, -0.25) is 4.79 Å². The van der Waals surface area contributed by atoms with E-state index in [4.69, 9.17) is 9.47 Å². The fraction of sp³-hybridized carbons (Fsp3) is 0.636. The number of amides is 1. The summed E-state index contributed by atoms with van der Waals surface area (Å²) in [6, 6.07) is -0.505. The standard InChI is InChI=1S/C22H31NO5S/c1-15-7-5-3-4-6-8-16(2)11-20(24)27-18-12-17(10-9-15)28-22(26,13-18)19-14-29-21(25)23-19/h3-5,7,11,15,17-19,26H,6,8-10,12-14H2,1-2H3,(H,23,25)/t15-,17-,18-,19?,22-/m1/s1. The van der Waals surface area contributed by atoms with Crippen LogP contribution in [0.15, 0.2) is 36.0 Å². The van der Waals surface area contributed by atoms with Crippen molar-refractivity contribution in [2.24, 2.45) is 5.92 Å². The Kier molecular flexibility index (Phi) is 7.60. The van der Waals surface area contributed by atoms with Crippen LogP contribution < -0.4 is 5.32 Å². The molecule has 6 nitrogen and oxygen atoms in total. The Bertz CT molecular complexity index is 703. The highest BCUT2D eigenvalue weighted by Crippen LogP contribution is 2.36. The Morgan fingerprint density at radius 3 is 2.83 bits per heavy atom. The minimum atomic E-state index is -1.53. The van der Waals surface area contributed by atoms with Gasteiger partial charge in [0, 0.05) is 24.7 Å². The van der Waals surface area contributed by atoms with Crippen LogP contribution in [0.25, 0.3) is 0 Å². The van der Waals surface area contributed by atoms with Crippen LogP contribution in [0, 0.1) is 5.92 Å². The molecule has 160 valence electrons. The third-order valence-electron chi connectivity index (χ3n) is 5.62. The molecule has 7 heteroatoms. The maximum atomic E-state index is 12.4. The molecule has 0 aromatic rings. The highest BCUT2D eigenvalue weighted by atomic mass is 32.2. The van der Waals surface area contributed by atoms with E-state index >= 15 is 0 Å². The number of esters is 1. The minimum absolute atomic E-state index is 0.159. The van der Waals surface area contributed by atoms with E-state index in [1.165, 1.54) is 6.08 Å². The molecule has 3 aliphatic rings. The number of rotatable bonds is 1. The third kappa shape index (κ3) is 6.46. The van der Waals surface area contributed by atoms with E-state index in [0.717, 1.165) is 43.0 Å². The minimum Gasteiger partial charge on any atom is -0.459 e. The van der Waals surface area contributed by atoms with E-state index in [2.05, 4.69) is 30.5 Å². The maximum absolute atomic E-state index is 12.4. The molecule has 0 aromatic heterocycles. The Balaban J connectivity index is 1.78. The Morgan fingerprint density at radius 1 is 1.24 bits per heavy atom. The van der Waals surface area contributed by atoms with Crippen molar-refractivity contribution in [3.8, 4) is 0 Å². The number of hydrogen-bond donors (Lipinski definition) is 2. The van der Waals surface area contributed by atoms with Crippen LogP contribution in [0.5, 0.6) is 0 Å². The molecule has 2 saturated heterocycles. The highest BCUT2D eigenvalue weighted by Gasteiger charge is 2.49. The quantitative estimate of drug-likeness (QED) is 0.626. The zero-order chi connectivity index (χ0) is 20.9. The van der Waals surface area contributed by atoms with Gasteiger partial charge in [0.05, 0.1) is 12.1 Å². The number of ether oxygens (including phenoxy) is 2.